The molecule has 1 aliphatic heterocycles. The van der Waals surface area contributed by atoms with Gasteiger partial charge < -0.3 is 20.7 Å². The quantitative estimate of drug-likeness (QED) is 0.617. The molecule has 3 heterocycles. The van der Waals surface area contributed by atoms with Gasteiger partial charge in [0.15, 0.2) is 0 Å². The van der Waals surface area contributed by atoms with Crippen molar-refractivity contribution in [1.29, 1.82) is 0 Å². The molecular weight excluding hydrogens is 380 g/mol. The Bertz CT molecular complexity index is 813. The lowest BCUT2D eigenvalue weighted by molar-refractivity contribution is 0.0996. The summed E-state index contributed by atoms with van der Waals surface area (Å²) in [6, 6.07) is 3.73. The van der Waals surface area contributed by atoms with Gasteiger partial charge in [0.25, 0.3) is 5.91 Å². The summed E-state index contributed by atoms with van der Waals surface area (Å²) in [4.78, 5) is 30.3. The fourth-order valence-electron chi connectivity index (χ4n) is 3.16. The molecule has 0 saturated carbocycles. The van der Waals surface area contributed by atoms with E-state index in [1.54, 1.807) is 18.5 Å². The van der Waals surface area contributed by atoms with Crippen molar-refractivity contribution in [3.8, 4) is 5.88 Å². The minimum absolute atomic E-state index is 0.0690. The Labute approximate surface area is 167 Å². The number of amides is 3. The maximum absolute atomic E-state index is 12.2. The molecule has 1 unspecified atom stereocenters. The Balaban J connectivity index is 1.54. The number of ether oxygens (including phenoxy) is 1. The SMILES string of the molecule is CN1CCCC1CCNC(=O)Nc1snc(OCc2cccnc2)c1C(N)=O. The molecule has 0 aliphatic carbocycles. The van der Waals surface area contributed by atoms with E-state index >= 15 is 0 Å². The van der Waals surface area contributed by atoms with Crippen LogP contribution >= 0.6 is 11.5 Å². The van der Waals surface area contributed by atoms with E-state index in [-0.39, 0.29) is 23.1 Å². The number of nitrogens with one attached hydrogen (secondary N) is 2. The lowest BCUT2D eigenvalue weighted by Crippen LogP contribution is -2.34. The van der Waals surface area contributed by atoms with E-state index < -0.39 is 11.9 Å². The summed E-state index contributed by atoms with van der Waals surface area (Å²) in [6.07, 6.45) is 6.54. The molecule has 2 aromatic rings. The maximum atomic E-state index is 12.2. The Morgan fingerprint density at radius 2 is 2.32 bits per heavy atom. The number of nitrogens with two attached hydrogens (primary N) is 1. The number of likely N-dealkylation sites (tertiary alicyclic amines) is 1. The zero-order chi connectivity index (χ0) is 19.9. The number of rotatable bonds is 8. The van der Waals surface area contributed by atoms with Crippen molar-refractivity contribution >= 4 is 28.5 Å². The second kappa shape index (κ2) is 9.47. The van der Waals surface area contributed by atoms with Crippen LogP contribution in [-0.2, 0) is 6.61 Å². The van der Waals surface area contributed by atoms with Crippen molar-refractivity contribution in [2.45, 2.75) is 31.9 Å². The van der Waals surface area contributed by atoms with E-state index in [2.05, 4.69) is 31.9 Å². The molecule has 3 rings (SSSR count). The summed E-state index contributed by atoms with van der Waals surface area (Å²) in [7, 11) is 2.10. The van der Waals surface area contributed by atoms with Crippen molar-refractivity contribution in [3.63, 3.8) is 0 Å². The lowest BCUT2D eigenvalue weighted by atomic mass is 10.1. The van der Waals surface area contributed by atoms with Crippen LogP contribution in [0.3, 0.4) is 0 Å². The fraction of sp³-hybridized carbons (Fsp3) is 0.444. The molecule has 28 heavy (non-hydrogen) atoms. The molecule has 1 fully saturated rings. The highest BCUT2D eigenvalue weighted by molar-refractivity contribution is 7.11. The number of aromatic nitrogens is 2. The van der Waals surface area contributed by atoms with Gasteiger partial charge in [-0.25, -0.2) is 4.79 Å². The molecule has 1 atom stereocenters. The first-order valence-corrected chi connectivity index (χ1v) is 9.88. The number of carbonyl (C=O) groups is 2. The molecule has 3 amide bonds. The van der Waals surface area contributed by atoms with Crippen LogP contribution in [0.2, 0.25) is 0 Å². The fourth-order valence-corrected chi connectivity index (χ4v) is 3.89. The van der Waals surface area contributed by atoms with Crippen molar-refractivity contribution in [1.82, 2.24) is 19.6 Å². The number of pyridine rings is 1. The highest BCUT2D eigenvalue weighted by Gasteiger charge is 2.23. The van der Waals surface area contributed by atoms with Crippen LogP contribution in [0.4, 0.5) is 9.80 Å². The van der Waals surface area contributed by atoms with Crippen molar-refractivity contribution in [2.75, 3.05) is 25.5 Å². The topological polar surface area (TPSA) is 122 Å². The second-order valence-electron chi connectivity index (χ2n) is 6.65. The van der Waals surface area contributed by atoms with E-state index in [4.69, 9.17) is 10.5 Å². The number of nitrogens with zero attached hydrogens (tertiary/aromatic N) is 3. The summed E-state index contributed by atoms with van der Waals surface area (Å²) >= 11 is 0.955. The van der Waals surface area contributed by atoms with Crippen molar-refractivity contribution in [2.24, 2.45) is 5.73 Å². The molecule has 10 heteroatoms. The van der Waals surface area contributed by atoms with E-state index in [0.29, 0.717) is 12.6 Å². The highest BCUT2D eigenvalue weighted by Crippen LogP contribution is 2.30. The maximum Gasteiger partial charge on any atom is 0.319 e. The Morgan fingerprint density at radius 3 is 3.00 bits per heavy atom. The Hall–Kier alpha value is -2.72. The molecule has 4 N–H and O–H groups in total. The van der Waals surface area contributed by atoms with Gasteiger partial charge >= 0.3 is 6.03 Å². The molecule has 0 aromatic carbocycles. The molecule has 9 nitrogen and oxygen atoms in total. The smallest absolute Gasteiger partial charge is 0.319 e. The second-order valence-corrected chi connectivity index (χ2v) is 7.43. The first-order valence-electron chi connectivity index (χ1n) is 9.11. The minimum atomic E-state index is -0.710. The first-order chi connectivity index (χ1) is 13.5. The molecule has 0 radical (unpaired) electrons. The molecule has 1 aliphatic rings. The molecule has 150 valence electrons. The van der Waals surface area contributed by atoms with E-state index in [0.717, 1.165) is 36.5 Å². The number of hydrogen-bond donors (Lipinski definition) is 3. The summed E-state index contributed by atoms with van der Waals surface area (Å²) in [5.74, 6) is -0.609. The van der Waals surface area contributed by atoms with E-state index in [1.807, 2.05) is 6.07 Å². The Morgan fingerprint density at radius 1 is 1.46 bits per heavy atom. The van der Waals surface area contributed by atoms with Gasteiger partial charge in [0.2, 0.25) is 5.88 Å². The molecule has 0 bridgehead atoms. The zero-order valence-electron chi connectivity index (χ0n) is 15.7. The summed E-state index contributed by atoms with van der Waals surface area (Å²) in [5.41, 5.74) is 6.36. The predicted molar refractivity (Wildman–Crippen MR) is 106 cm³/mol. The number of urea groups is 1. The third-order valence-corrected chi connectivity index (χ3v) is 5.41. The number of carbonyl (C=O) groups excluding carboxylic acids is 2. The van der Waals surface area contributed by atoms with Crippen molar-refractivity contribution < 1.29 is 14.3 Å². The summed E-state index contributed by atoms with van der Waals surface area (Å²) in [6.45, 7) is 1.84. The van der Waals surface area contributed by atoms with Crippen LogP contribution < -0.4 is 21.1 Å². The molecular formula is C18H24N6O3S. The van der Waals surface area contributed by atoms with Gasteiger partial charge in [-0.3, -0.25) is 15.1 Å². The van der Waals surface area contributed by atoms with Gasteiger partial charge in [0.05, 0.1) is 0 Å². The monoisotopic (exact) mass is 404 g/mol. The number of primary amides is 1. The van der Waals surface area contributed by atoms with Crippen LogP contribution in [0.1, 0.15) is 35.2 Å². The summed E-state index contributed by atoms with van der Waals surface area (Å²) in [5, 5.41) is 5.73. The third-order valence-electron chi connectivity index (χ3n) is 4.67. The minimum Gasteiger partial charge on any atom is -0.472 e. The van der Waals surface area contributed by atoms with Gasteiger partial charge in [0, 0.05) is 30.5 Å². The summed E-state index contributed by atoms with van der Waals surface area (Å²) < 4.78 is 9.70. The van der Waals surface area contributed by atoms with E-state index in [9.17, 15) is 9.59 Å². The van der Waals surface area contributed by atoms with Gasteiger partial charge in [-0.05, 0) is 50.5 Å². The highest BCUT2D eigenvalue weighted by atomic mass is 32.1. The van der Waals surface area contributed by atoms with E-state index in [1.165, 1.54) is 6.42 Å². The normalized spacial score (nSPS) is 16.7. The average molecular weight is 404 g/mol. The van der Waals surface area contributed by atoms with Gasteiger partial charge in [-0.1, -0.05) is 6.07 Å². The van der Waals surface area contributed by atoms with Crippen molar-refractivity contribution in [3.05, 3.63) is 35.7 Å². The van der Waals surface area contributed by atoms with Crippen LogP contribution in [0, 0.1) is 0 Å². The average Bonchev–Trinajstić information content (AvgIpc) is 3.27. The van der Waals surface area contributed by atoms with Crippen LogP contribution in [0.5, 0.6) is 5.88 Å². The van der Waals surface area contributed by atoms with Gasteiger partial charge in [-0.2, -0.15) is 4.37 Å². The molecule has 1 saturated heterocycles. The van der Waals surface area contributed by atoms with Crippen LogP contribution in [-0.4, -0.2) is 52.4 Å². The number of hydrogen-bond acceptors (Lipinski definition) is 7. The van der Waals surface area contributed by atoms with Crippen LogP contribution in [0.15, 0.2) is 24.5 Å². The Kier molecular flexibility index (Phi) is 6.77. The third kappa shape index (κ3) is 5.17. The largest absolute Gasteiger partial charge is 0.472 e. The predicted octanol–water partition coefficient (Wildman–Crippen LogP) is 1.82. The first kappa shape index (κ1) is 20.0. The van der Waals surface area contributed by atoms with Crippen LogP contribution in [0.25, 0.3) is 0 Å². The standard InChI is InChI=1S/C18H24N6O3S/c1-24-9-3-5-13(24)6-8-21-18(26)22-17-14(15(19)25)16(23-28-17)27-11-12-4-2-7-20-10-12/h2,4,7,10,13H,3,5-6,8-9,11H2,1H3,(H2,19,25)(H2,21,22,26). The lowest BCUT2D eigenvalue weighted by Gasteiger charge is -2.19. The molecule has 0 spiro atoms. The van der Waals surface area contributed by atoms with Gasteiger partial charge in [-0.15, -0.1) is 0 Å². The zero-order valence-corrected chi connectivity index (χ0v) is 16.5. The molecule has 2 aromatic heterocycles. The van der Waals surface area contributed by atoms with Gasteiger partial charge in [0.1, 0.15) is 17.2 Å². The number of anilines is 1.